The fourth-order valence-electron chi connectivity index (χ4n) is 4.06. The Morgan fingerprint density at radius 2 is 0.964 bits per heavy atom. The van der Waals surface area contributed by atoms with E-state index in [0.29, 0.717) is 24.3 Å². The van der Waals surface area contributed by atoms with Gasteiger partial charge < -0.3 is 9.47 Å². The summed E-state index contributed by atoms with van der Waals surface area (Å²) in [6.07, 6.45) is 3.13. The number of rotatable bonds is 4. The molecular weight excluding hydrogens is 352 g/mol. The van der Waals surface area contributed by atoms with Crippen molar-refractivity contribution in [1.82, 2.24) is 0 Å². The summed E-state index contributed by atoms with van der Waals surface area (Å²) in [4.78, 5) is 25.7. The highest BCUT2D eigenvalue weighted by Gasteiger charge is 2.38. The largest absolute Gasteiger partial charge is 0.426 e. The SMILES string of the molecule is Cc1cc(C)cc(OC(=O)C2CCCCC2C(=O)Oc2cc(C)cc(C)c2)c1. The van der Waals surface area contributed by atoms with Crippen LogP contribution in [0.5, 0.6) is 11.5 Å². The first kappa shape index (κ1) is 20.1. The van der Waals surface area contributed by atoms with Gasteiger partial charge in [-0.1, -0.05) is 25.0 Å². The maximum atomic E-state index is 12.8. The molecule has 148 valence electrons. The van der Waals surface area contributed by atoms with Crippen LogP contribution in [0.4, 0.5) is 0 Å². The molecule has 2 unspecified atom stereocenters. The Labute approximate surface area is 166 Å². The van der Waals surface area contributed by atoms with E-state index < -0.39 is 11.8 Å². The molecule has 0 heterocycles. The van der Waals surface area contributed by atoms with E-state index in [9.17, 15) is 9.59 Å². The Hall–Kier alpha value is -2.62. The molecule has 1 aliphatic rings. The number of ether oxygens (including phenoxy) is 2. The number of carbonyl (C=O) groups excluding carboxylic acids is 2. The normalized spacial score (nSPS) is 19.1. The first-order valence-corrected chi connectivity index (χ1v) is 9.92. The lowest BCUT2D eigenvalue weighted by Gasteiger charge is -2.28. The van der Waals surface area contributed by atoms with Gasteiger partial charge in [0.25, 0.3) is 0 Å². The summed E-state index contributed by atoms with van der Waals surface area (Å²) in [6, 6.07) is 11.4. The van der Waals surface area contributed by atoms with Crippen LogP contribution in [0.2, 0.25) is 0 Å². The van der Waals surface area contributed by atoms with Gasteiger partial charge >= 0.3 is 11.9 Å². The third kappa shape index (κ3) is 5.00. The monoisotopic (exact) mass is 380 g/mol. The molecule has 28 heavy (non-hydrogen) atoms. The van der Waals surface area contributed by atoms with Gasteiger partial charge in [0.05, 0.1) is 11.8 Å². The summed E-state index contributed by atoms with van der Waals surface area (Å²) >= 11 is 0. The van der Waals surface area contributed by atoms with Crippen LogP contribution in [0.15, 0.2) is 36.4 Å². The van der Waals surface area contributed by atoms with Crippen molar-refractivity contribution in [1.29, 1.82) is 0 Å². The van der Waals surface area contributed by atoms with Crippen molar-refractivity contribution >= 4 is 11.9 Å². The van der Waals surface area contributed by atoms with Gasteiger partial charge in [-0.2, -0.15) is 0 Å². The highest BCUT2D eigenvalue weighted by Crippen LogP contribution is 2.33. The van der Waals surface area contributed by atoms with Crippen LogP contribution in [0.25, 0.3) is 0 Å². The first-order valence-electron chi connectivity index (χ1n) is 9.92. The average molecular weight is 380 g/mol. The molecule has 0 N–H and O–H groups in total. The molecule has 0 bridgehead atoms. The van der Waals surface area contributed by atoms with Crippen LogP contribution < -0.4 is 9.47 Å². The van der Waals surface area contributed by atoms with Crippen LogP contribution in [0.1, 0.15) is 47.9 Å². The van der Waals surface area contributed by atoms with E-state index in [1.165, 1.54) is 0 Å². The number of benzene rings is 2. The van der Waals surface area contributed by atoms with E-state index >= 15 is 0 Å². The van der Waals surface area contributed by atoms with Gasteiger partial charge in [-0.3, -0.25) is 9.59 Å². The van der Waals surface area contributed by atoms with Gasteiger partial charge in [-0.25, -0.2) is 0 Å². The molecule has 1 saturated carbocycles. The molecule has 2 atom stereocenters. The topological polar surface area (TPSA) is 52.6 Å². The minimum atomic E-state index is -0.465. The molecule has 4 heteroatoms. The molecular formula is C24H28O4. The summed E-state index contributed by atoms with van der Waals surface area (Å²) in [5, 5.41) is 0. The van der Waals surface area contributed by atoms with Gasteiger partial charge in [-0.05, 0) is 87.1 Å². The van der Waals surface area contributed by atoms with E-state index in [1.54, 1.807) is 0 Å². The van der Waals surface area contributed by atoms with Gasteiger partial charge in [0.2, 0.25) is 0 Å². The Morgan fingerprint density at radius 1 is 0.643 bits per heavy atom. The molecule has 2 aromatic rings. The molecule has 4 nitrogen and oxygen atoms in total. The van der Waals surface area contributed by atoms with Crippen LogP contribution in [0.3, 0.4) is 0 Å². The summed E-state index contributed by atoms with van der Waals surface area (Å²) < 4.78 is 11.3. The molecule has 3 rings (SSSR count). The Bertz CT molecular complexity index is 770. The van der Waals surface area contributed by atoms with E-state index in [4.69, 9.17) is 9.47 Å². The Kier molecular flexibility index (Phi) is 6.18. The quantitative estimate of drug-likeness (QED) is 0.538. The van der Waals surface area contributed by atoms with Crippen LogP contribution in [-0.2, 0) is 9.59 Å². The van der Waals surface area contributed by atoms with Crippen LogP contribution in [-0.4, -0.2) is 11.9 Å². The zero-order chi connectivity index (χ0) is 20.3. The number of hydrogen-bond acceptors (Lipinski definition) is 4. The molecule has 0 amide bonds. The van der Waals surface area contributed by atoms with Crippen molar-refractivity contribution in [2.75, 3.05) is 0 Å². The second kappa shape index (κ2) is 8.59. The van der Waals surface area contributed by atoms with Gasteiger partial charge in [0.1, 0.15) is 11.5 Å². The third-order valence-electron chi connectivity index (χ3n) is 5.20. The van der Waals surface area contributed by atoms with Gasteiger partial charge in [0.15, 0.2) is 0 Å². The van der Waals surface area contributed by atoms with Crippen molar-refractivity contribution in [2.45, 2.75) is 53.4 Å². The number of carbonyl (C=O) groups is 2. The molecule has 1 aliphatic carbocycles. The maximum Gasteiger partial charge on any atom is 0.315 e. The fourth-order valence-corrected chi connectivity index (χ4v) is 4.06. The average Bonchev–Trinajstić information content (AvgIpc) is 2.59. The van der Waals surface area contributed by atoms with Crippen LogP contribution >= 0.6 is 0 Å². The summed E-state index contributed by atoms with van der Waals surface area (Å²) in [5.74, 6) is -0.538. The van der Waals surface area contributed by atoms with Crippen molar-refractivity contribution in [3.63, 3.8) is 0 Å². The number of hydrogen-bond donors (Lipinski definition) is 0. The predicted molar refractivity (Wildman–Crippen MR) is 109 cm³/mol. The van der Waals surface area contributed by atoms with E-state index in [1.807, 2.05) is 64.1 Å². The highest BCUT2D eigenvalue weighted by molar-refractivity contribution is 5.84. The summed E-state index contributed by atoms with van der Waals surface area (Å²) in [6.45, 7) is 7.87. The second-order valence-corrected chi connectivity index (χ2v) is 7.99. The van der Waals surface area contributed by atoms with E-state index in [2.05, 4.69) is 0 Å². The minimum Gasteiger partial charge on any atom is -0.426 e. The molecule has 0 aliphatic heterocycles. The first-order chi connectivity index (χ1) is 13.3. The molecule has 0 aromatic heterocycles. The lowest BCUT2D eigenvalue weighted by molar-refractivity contribution is -0.152. The molecule has 0 spiro atoms. The van der Waals surface area contributed by atoms with E-state index in [0.717, 1.165) is 35.1 Å². The molecule has 0 radical (unpaired) electrons. The Balaban J connectivity index is 1.73. The van der Waals surface area contributed by atoms with Crippen molar-refractivity contribution in [3.05, 3.63) is 58.7 Å². The predicted octanol–water partition coefficient (Wildman–Crippen LogP) is 5.24. The van der Waals surface area contributed by atoms with E-state index in [-0.39, 0.29) is 11.9 Å². The zero-order valence-corrected chi connectivity index (χ0v) is 17.1. The van der Waals surface area contributed by atoms with Crippen molar-refractivity contribution < 1.29 is 19.1 Å². The fraction of sp³-hybridized carbons (Fsp3) is 0.417. The number of esters is 2. The van der Waals surface area contributed by atoms with Crippen LogP contribution in [0, 0.1) is 39.5 Å². The lowest BCUT2D eigenvalue weighted by atomic mass is 9.79. The Morgan fingerprint density at radius 3 is 1.29 bits per heavy atom. The third-order valence-corrected chi connectivity index (χ3v) is 5.20. The van der Waals surface area contributed by atoms with Crippen molar-refractivity contribution in [3.8, 4) is 11.5 Å². The summed E-state index contributed by atoms with van der Waals surface area (Å²) in [7, 11) is 0. The minimum absolute atomic E-state index is 0.341. The smallest absolute Gasteiger partial charge is 0.315 e. The highest BCUT2D eigenvalue weighted by atomic mass is 16.5. The van der Waals surface area contributed by atoms with Gasteiger partial charge in [0, 0.05) is 0 Å². The zero-order valence-electron chi connectivity index (χ0n) is 17.1. The molecule has 2 aromatic carbocycles. The summed E-state index contributed by atoms with van der Waals surface area (Å²) in [5.41, 5.74) is 4.16. The lowest BCUT2D eigenvalue weighted by Crippen LogP contribution is -2.37. The molecule has 1 fully saturated rings. The van der Waals surface area contributed by atoms with Gasteiger partial charge in [-0.15, -0.1) is 0 Å². The second-order valence-electron chi connectivity index (χ2n) is 7.99. The molecule has 0 saturated heterocycles. The number of aryl methyl sites for hydroxylation is 4. The van der Waals surface area contributed by atoms with Crippen molar-refractivity contribution in [2.24, 2.45) is 11.8 Å². The maximum absolute atomic E-state index is 12.8. The standard InChI is InChI=1S/C24H28O4/c1-15-9-16(2)12-19(11-15)27-23(25)21-7-5-6-8-22(21)24(26)28-20-13-17(3)10-18(4)14-20/h9-14,21-22H,5-8H2,1-4H3.